The van der Waals surface area contributed by atoms with Crippen LogP contribution in [0.5, 0.6) is 0 Å². The van der Waals surface area contributed by atoms with Crippen LogP contribution in [0.2, 0.25) is 0 Å². The number of hydrogen-bond acceptors (Lipinski definition) is 5. The molecule has 4 N–H and O–H groups in total. The predicted octanol–water partition coefficient (Wildman–Crippen LogP) is 1.45. The molecule has 0 unspecified atom stereocenters. The molecule has 1 aromatic rings. The van der Waals surface area contributed by atoms with Gasteiger partial charge in [-0.15, -0.1) is 0 Å². The first-order valence-electron chi connectivity index (χ1n) is 10.9. The molecule has 1 aromatic heterocycles. The molecule has 2 aliphatic carbocycles. The third-order valence-corrected chi connectivity index (χ3v) is 6.81. The van der Waals surface area contributed by atoms with E-state index in [1.165, 1.54) is 11.8 Å². The topological polar surface area (TPSA) is 61.0 Å². The summed E-state index contributed by atoms with van der Waals surface area (Å²) in [6, 6.07) is 6.52. The molecule has 4 aliphatic rings. The Morgan fingerprint density at radius 2 is 1.03 bits per heavy atom. The van der Waals surface area contributed by atoms with Crippen LogP contribution in [-0.2, 0) is 10.8 Å². The van der Waals surface area contributed by atoms with E-state index in [1.54, 1.807) is 0 Å². The van der Waals surface area contributed by atoms with E-state index < -0.39 is 0 Å². The van der Waals surface area contributed by atoms with Gasteiger partial charge in [0.25, 0.3) is 0 Å². The van der Waals surface area contributed by atoms with Gasteiger partial charge in [-0.05, 0) is 63.5 Å². The van der Waals surface area contributed by atoms with Crippen LogP contribution < -0.4 is 21.3 Å². The van der Waals surface area contributed by atoms with Crippen molar-refractivity contribution >= 4 is 0 Å². The molecule has 0 bridgehead atoms. The molecule has 2 saturated heterocycles. The lowest BCUT2D eigenvalue weighted by atomic mass is 9.80. The first-order valence-corrected chi connectivity index (χ1v) is 10.9. The molecule has 4 fully saturated rings. The number of rotatable bonds is 4. The summed E-state index contributed by atoms with van der Waals surface area (Å²) in [5.41, 5.74) is 2.23. The van der Waals surface area contributed by atoms with Crippen molar-refractivity contribution in [1.82, 2.24) is 26.3 Å². The fourth-order valence-electron chi connectivity index (χ4n) is 4.68. The van der Waals surface area contributed by atoms with Gasteiger partial charge in [0.15, 0.2) is 0 Å². The molecule has 5 nitrogen and oxygen atoms in total. The molecule has 156 valence electrons. The average molecular weight is 402 g/mol. The highest BCUT2D eigenvalue weighted by molar-refractivity contribution is 5.40. The van der Waals surface area contributed by atoms with E-state index in [0.29, 0.717) is 0 Å². The van der Waals surface area contributed by atoms with Crippen molar-refractivity contribution in [3.8, 4) is 0 Å². The second-order valence-electron chi connectivity index (χ2n) is 9.36. The molecule has 2 saturated carbocycles. The summed E-state index contributed by atoms with van der Waals surface area (Å²) in [5.74, 6) is 2.59. The molecule has 0 aromatic carbocycles. The van der Waals surface area contributed by atoms with Gasteiger partial charge in [-0.3, -0.25) is 4.98 Å². The van der Waals surface area contributed by atoms with Crippen molar-refractivity contribution < 1.29 is 0 Å². The summed E-state index contributed by atoms with van der Waals surface area (Å²) in [7, 11) is 0. The van der Waals surface area contributed by atoms with Gasteiger partial charge < -0.3 is 21.3 Å². The summed E-state index contributed by atoms with van der Waals surface area (Å²) in [6.07, 6.45) is 17.5. The number of hydrogen-bond donors (Lipinski definition) is 4. The Hall–Kier alpha value is -1.01. The number of aromatic nitrogens is 1. The van der Waals surface area contributed by atoms with Crippen LogP contribution in [0, 0.1) is 63.2 Å². The Bertz CT molecular complexity index is 649. The van der Waals surface area contributed by atoms with Gasteiger partial charge in [0.2, 0.25) is 0 Å². The van der Waals surface area contributed by atoms with E-state index in [1.807, 2.05) is 0 Å². The second kappa shape index (κ2) is 8.50. The summed E-state index contributed by atoms with van der Waals surface area (Å²) in [5, 5.41) is 14.7. The van der Waals surface area contributed by atoms with E-state index in [-0.39, 0.29) is 23.2 Å². The van der Waals surface area contributed by atoms with Crippen molar-refractivity contribution in [3.63, 3.8) is 0 Å². The van der Waals surface area contributed by atoms with Crippen LogP contribution in [0.4, 0.5) is 0 Å². The number of nitrogens with one attached hydrogen (secondary N) is 4. The standard InChI is InChI=1S/C25H31N5/c1-24(14-26-22(27-15-24)18-8-3-4-9-18)20-12-7-13-21(30-20)25(2)16-28-23(29-17-25)19-10-5-6-11-19/h3-13,22-23,26-29H,14-17H2,1-2H3. The lowest BCUT2D eigenvalue weighted by Gasteiger charge is -2.42. The van der Waals surface area contributed by atoms with Crippen LogP contribution >= 0.6 is 0 Å². The molecule has 30 heavy (non-hydrogen) atoms. The third-order valence-electron chi connectivity index (χ3n) is 6.81. The molecule has 0 amide bonds. The zero-order valence-corrected chi connectivity index (χ0v) is 17.8. The molecule has 0 atom stereocenters. The molecule has 0 spiro atoms. The monoisotopic (exact) mass is 401 g/mol. The van der Waals surface area contributed by atoms with Gasteiger partial charge >= 0.3 is 0 Å². The highest BCUT2D eigenvalue weighted by Crippen LogP contribution is 2.33. The van der Waals surface area contributed by atoms with E-state index in [9.17, 15) is 0 Å². The molecule has 5 rings (SSSR count). The second-order valence-corrected chi connectivity index (χ2v) is 9.36. The Morgan fingerprint density at radius 3 is 1.40 bits per heavy atom. The zero-order chi connectivity index (χ0) is 20.6. The van der Waals surface area contributed by atoms with Gasteiger partial charge in [0.1, 0.15) is 0 Å². The maximum atomic E-state index is 5.18. The first kappa shape index (κ1) is 20.9. The lowest BCUT2D eigenvalue weighted by Crippen LogP contribution is -2.62. The maximum absolute atomic E-state index is 5.18. The van der Waals surface area contributed by atoms with Crippen molar-refractivity contribution in [2.24, 2.45) is 0 Å². The van der Waals surface area contributed by atoms with E-state index in [2.05, 4.69) is 105 Å². The van der Waals surface area contributed by atoms with Crippen molar-refractivity contribution in [2.75, 3.05) is 26.2 Å². The van der Waals surface area contributed by atoms with Crippen molar-refractivity contribution in [2.45, 2.75) is 37.0 Å². The fourth-order valence-corrected chi connectivity index (χ4v) is 4.68. The Labute approximate surface area is 182 Å². The van der Waals surface area contributed by atoms with Gasteiger partial charge in [-0.25, -0.2) is 0 Å². The van der Waals surface area contributed by atoms with Crippen LogP contribution in [-0.4, -0.2) is 43.5 Å². The van der Waals surface area contributed by atoms with E-state index in [4.69, 9.17) is 4.98 Å². The smallest absolute Gasteiger partial charge is 0.0642 e. The summed E-state index contributed by atoms with van der Waals surface area (Å²) in [4.78, 5) is 5.18. The Kier molecular flexibility index (Phi) is 5.91. The quantitative estimate of drug-likeness (QED) is 0.615. The molecular formula is C25H31N5. The minimum absolute atomic E-state index is 0.0389. The zero-order valence-electron chi connectivity index (χ0n) is 17.8. The normalized spacial score (nSPS) is 38.9. The largest absolute Gasteiger partial charge is 0.300 e. The molecule has 5 heteroatoms. The van der Waals surface area contributed by atoms with E-state index in [0.717, 1.165) is 37.6 Å². The minimum Gasteiger partial charge on any atom is -0.300 e. The summed E-state index contributed by atoms with van der Waals surface area (Å²) in [6.45, 7) is 8.20. The SMILES string of the molecule is CC1(c2cccc(C3(C)CNC([C]4[CH][CH][CH][CH]4)NC3)n2)CNC([C]2[CH][CH][CH][CH]2)NC1. The van der Waals surface area contributed by atoms with Gasteiger partial charge in [-0.2, -0.15) is 0 Å². The molecule has 3 heterocycles. The van der Waals surface area contributed by atoms with Gasteiger partial charge in [0.05, 0.1) is 12.3 Å². The predicted molar refractivity (Wildman–Crippen MR) is 119 cm³/mol. The average Bonchev–Trinajstić information content (AvgIpc) is 3.50. The Balaban J connectivity index is 1.25. The minimum atomic E-state index is -0.0389. The van der Waals surface area contributed by atoms with Crippen molar-refractivity contribution in [3.05, 3.63) is 92.8 Å². The molecule has 10 radical (unpaired) electrons. The highest BCUT2D eigenvalue weighted by atomic mass is 15.2. The number of nitrogens with zero attached hydrogens (tertiary/aromatic N) is 1. The van der Waals surface area contributed by atoms with Crippen LogP contribution in [0.25, 0.3) is 0 Å². The highest BCUT2D eigenvalue weighted by Gasteiger charge is 2.40. The fraction of sp³-hybridized carbons (Fsp3) is 0.400. The van der Waals surface area contributed by atoms with Gasteiger partial charge in [-0.1, -0.05) is 19.9 Å². The summed E-state index contributed by atoms with van der Waals surface area (Å²) < 4.78 is 0. The number of pyridine rings is 1. The Morgan fingerprint density at radius 1 is 0.667 bits per heavy atom. The van der Waals surface area contributed by atoms with Crippen LogP contribution in [0.15, 0.2) is 18.2 Å². The van der Waals surface area contributed by atoms with Gasteiger partial charge in [0, 0.05) is 60.2 Å². The van der Waals surface area contributed by atoms with Crippen molar-refractivity contribution in [1.29, 1.82) is 0 Å². The first-order chi connectivity index (χ1) is 14.6. The maximum Gasteiger partial charge on any atom is 0.0642 e. The third kappa shape index (κ3) is 4.06. The van der Waals surface area contributed by atoms with E-state index >= 15 is 0 Å². The molecule has 2 aliphatic heterocycles. The van der Waals surface area contributed by atoms with Crippen LogP contribution in [0.3, 0.4) is 0 Å². The molecular weight excluding hydrogens is 370 g/mol. The lowest BCUT2D eigenvalue weighted by molar-refractivity contribution is 0.266. The summed E-state index contributed by atoms with van der Waals surface area (Å²) >= 11 is 0. The van der Waals surface area contributed by atoms with Crippen LogP contribution in [0.1, 0.15) is 25.2 Å².